The molecule has 2 heterocycles. The molecule has 1 aliphatic heterocycles. The van der Waals surface area contributed by atoms with Crippen LogP contribution in [0.1, 0.15) is 52.1 Å². The summed E-state index contributed by atoms with van der Waals surface area (Å²) in [4.78, 5) is 33.4. The normalized spacial score (nSPS) is 16.6. The first-order valence-corrected chi connectivity index (χ1v) is 10.8. The molecule has 5 rings (SSSR count). The van der Waals surface area contributed by atoms with Crippen molar-refractivity contribution in [1.29, 1.82) is 0 Å². The van der Waals surface area contributed by atoms with Crippen LogP contribution in [0, 0.1) is 5.82 Å². The lowest BCUT2D eigenvalue weighted by Gasteiger charge is -2.36. The summed E-state index contributed by atoms with van der Waals surface area (Å²) in [5.74, 6) is -0.0841. The van der Waals surface area contributed by atoms with Gasteiger partial charge in [-0.25, -0.2) is 4.39 Å². The molecule has 0 atom stereocenters. The van der Waals surface area contributed by atoms with Gasteiger partial charge in [0.15, 0.2) is 5.78 Å². The molecule has 0 spiro atoms. The van der Waals surface area contributed by atoms with Gasteiger partial charge in [-0.3, -0.25) is 14.6 Å². The molecule has 1 saturated heterocycles. The molecule has 0 bridgehead atoms. The maximum atomic E-state index is 14.5. The number of pyridine rings is 1. The smallest absolute Gasteiger partial charge is 0.254 e. The number of amides is 1. The number of anilines is 1. The molecule has 6 heteroatoms. The Labute approximate surface area is 180 Å². The second kappa shape index (κ2) is 7.76. The van der Waals surface area contributed by atoms with Gasteiger partial charge in [-0.05, 0) is 50.1 Å². The predicted octanol–water partition coefficient (Wildman–Crippen LogP) is 4.42. The molecule has 2 aliphatic rings. The van der Waals surface area contributed by atoms with E-state index in [2.05, 4.69) is 0 Å². The van der Waals surface area contributed by atoms with E-state index in [1.807, 2.05) is 40.1 Å². The average Bonchev–Trinajstić information content (AvgIpc) is 3.63. The average molecular weight is 417 g/mol. The first-order valence-electron chi connectivity index (χ1n) is 10.8. The summed E-state index contributed by atoms with van der Waals surface area (Å²) in [5, 5.41) is 0.880. The third-order valence-corrected chi connectivity index (χ3v) is 6.22. The molecular formula is C25H24FN3O2. The van der Waals surface area contributed by atoms with Gasteiger partial charge in [-0.1, -0.05) is 18.2 Å². The van der Waals surface area contributed by atoms with Crippen LogP contribution in [-0.2, 0) is 0 Å². The van der Waals surface area contributed by atoms with Crippen LogP contribution in [0.3, 0.4) is 0 Å². The second-order valence-corrected chi connectivity index (χ2v) is 8.39. The SMILES string of the molecule is CC(=O)c1ccc(N2CCN(C(=O)c3cc(C4CC4)nc4ccccc34)CC2)c(F)c1. The molecule has 2 aromatic carbocycles. The Morgan fingerprint density at radius 2 is 1.74 bits per heavy atom. The summed E-state index contributed by atoms with van der Waals surface area (Å²) in [6.07, 6.45) is 2.26. The van der Waals surface area contributed by atoms with Crippen LogP contribution in [0.5, 0.6) is 0 Å². The number of carbonyl (C=O) groups is 2. The van der Waals surface area contributed by atoms with E-state index in [0.717, 1.165) is 29.4 Å². The predicted molar refractivity (Wildman–Crippen MR) is 118 cm³/mol. The molecule has 1 amide bonds. The van der Waals surface area contributed by atoms with E-state index in [1.165, 1.54) is 13.0 Å². The number of hydrogen-bond donors (Lipinski definition) is 0. The molecule has 1 aromatic heterocycles. The molecule has 5 nitrogen and oxygen atoms in total. The number of carbonyl (C=O) groups excluding carboxylic acids is 2. The third kappa shape index (κ3) is 3.78. The summed E-state index contributed by atoms with van der Waals surface area (Å²) in [6, 6.07) is 14.4. The number of para-hydroxylation sites is 1. The fourth-order valence-electron chi connectivity index (χ4n) is 4.26. The molecule has 1 saturated carbocycles. The first kappa shape index (κ1) is 19.7. The van der Waals surface area contributed by atoms with Crippen LogP contribution in [0.15, 0.2) is 48.5 Å². The summed E-state index contributed by atoms with van der Waals surface area (Å²) in [6.45, 7) is 3.54. The number of rotatable bonds is 4. The molecule has 3 aromatic rings. The number of benzene rings is 2. The van der Waals surface area contributed by atoms with Gasteiger partial charge in [-0.2, -0.15) is 0 Å². The van der Waals surface area contributed by atoms with Gasteiger partial charge < -0.3 is 9.80 Å². The number of aromatic nitrogens is 1. The minimum absolute atomic E-state index is 0.00699. The van der Waals surface area contributed by atoms with E-state index < -0.39 is 5.82 Å². The van der Waals surface area contributed by atoms with Crippen molar-refractivity contribution in [2.75, 3.05) is 31.1 Å². The van der Waals surface area contributed by atoms with Crippen LogP contribution in [0.25, 0.3) is 10.9 Å². The van der Waals surface area contributed by atoms with Crippen LogP contribution in [0.2, 0.25) is 0 Å². The summed E-state index contributed by atoms with van der Waals surface area (Å²) in [5.41, 5.74) is 3.42. The van der Waals surface area contributed by atoms with E-state index in [4.69, 9.17) is 4.98 Å². The maximum absolute atomic E-state index is 14.5. The molecule has 0 radical (unpaired) electrons. The standard InChI is InChI=1S/C25H24FN3O2/c1-16(30)18-8-9-24(21(26)14-18)28-10-12-29(13-11-28)25(31)20-15-23(17-6-7-17)27-22-5-3-2-4-19(20)22/h2-5,8-9,14-15,17H,6-7,10-13H2,1H3. The van der Waals surface area contributed by atoms with Crippen LogP contribution < -0.4 is 4.90 Å². The van der Waals surface area contributed by atoms with Gasteiger partial charge in [0.1, 0.15) is 5.82 Å². The number of halogens is 1. The van der Waals surface area contributed by atoms with E-state index in [9.17, 15) is 14.0 Å². The Hall–Kier alpha value is -3.28. The highest BCUT2D eigenvalue weighted by Crippen LogP contribution is 2.40. The van der Waals surface area contributed by atoms with Crippen molar-refractivity contribution in [1.82, 2.24) is 9.88 Å². The van der Waals surface area contributed by atoms with Crippen molar-refractivity contribution >= 4 is 28.3 Å². The fourth-order valence-corrected chi connectivity index (χ4v) is 4.26. The molecule has 0 N–H and O–H groups in total. The Kier molecular flexibility index (Phi) is 4.93. The lowest BCUT2D eigenvalue weighted by Crippen LogP contribution is -2.49. The number of piperazine rings is 1. The highest BCUT2D eigenvalue weighted by atomic mass is 19.1. The largest absolute Gasteiger partial charge is 0.366 e. The van der Waals surface area contributed by atoms with E-state index in [-0.39, 0.29) is 11.7 Å². The van der Waals surface area contributed by atoms with Crippen molar-refractivity contribution < 1.29 is 14.0 Å². The van der Waals surface area contributed by atoms with Crippen molar-refractivity contribution in [2.45, 2.75) is 25.7 Å². The Morgan fingerprint density at radius 3 is 2.42 bits per heavy atom. The fraction of sp³-hybridized carbons (Fsp3) is 0.320. The molecule has 158 valence electrons. The zero-order valence-corrected chi connectivity index (χ0v) is 17.5. The molecule has 31 heavy (non-hydrogen) atoms. The first-order chi connectivity index (χ1) is 15.0. The van der Waals surface area contributed by atoms with E-state index in [0.29, 0.717) is 48.9 Å². The number of hydrogen-bond acceptors (Lipinski definition) is 4. The summed E-state index contributed by atoms with van der Waals surface area (Å²) in [7, 11) is 0. The summed E-state index contributed by atoms with van der Waals surface area (Å²) < 4.78 is 14.5. The van der Waals surface area contributed by atoms with Crippen LogP contribution in [0.4, 0.5) is 10.1 Å². The number of fused-ring (bicyclic) bond motifs is 1. The zero-order valence-electron chi connectivity index (χ0n) is 17.5. The van der Waals surface area contributed by atoms with Gasteiger partial charge in [0.05, 0.1) is 16.8 Å². The van der Waals surface area contributed by atoms with Gasteiger partial charge in [0.2, 0.25) is 0 Å². The quantitative estimate of drug-likeness (QED) is 0.590. The number of nitrogens with zero attached hydrogens (tertiary/aromatic N) is 3. The zero-order chi connectivity index (χ0) is 21.5. The summed E-state index contributed by atoms with van der Waals surface area (Å²) >= 11 is 0. The molecule has 2 fully saturated rings. The third-order valence-electron chi connectivity index (χ3n) is 6.22. The van der Waals surface area contributed by atoms with Gasteiger partial charge in [-0.15, -0.1) is 0 Å². The van der Waals surface area contributed by atoms with Gasteiger partial charge in [0.25, 0.3) is 5.91 Å². The lowest BCUT2D eigenvalue weighted by atomic mass is 10.0. The Bertz CT molecular complexity index is 1180. The lowest BCUT2D eigenvalue weighted by molar-refractivity contribution is 0.0748. The van der Waals surface area contributed by atoms with Crippen molar-refractivity contribution in [3.63, 3.8) is 0 Å². The van der Waals surface area contributed by atoms with Crippen LogP contribution in [-0.4, -0.2) is 47.8 Å². The molecular weight excluding hydrogens is 393 g/mol. The highest BCUT2D eigenvalue weighted by molar-refractivity contribution is 6.06. The number of ketones is 1. The van der Waals surface area contributed by atoms with Crippen LogP contribution >= 0.6 is 0 Å². The monoisotopic (exact) mass is 417 g/mol. The van der Waals surface area contributed by atoms with Crippen molar-refractivity contribution in [3.05, 3.63) is 71.2 Å². The number of Topliss-reactive ketones (excluding diaryl/α,β-unsaturated/α-hetero) is 1. The second-order valence-electron chi connectivity index (χ2n) is 8.39. The van der Waals surface area contributed by atoms with Gasteiger partial charge >= 0.3 is 0 Å². The molecule has 1 aliphatic carbocycles. The van der Waals surface area contributed by atoms with Gasteiger partial charge in [0, 0.05) is 48.7 Å². The van der Waals surface area contributed by atoms with Crippen molar-refractivity contribution in [2.24, 2.45) is 0 Å². The minimum Gasteiger partial charge on any atom is -0.366 e. The maximum Gasteiger partial charge on any atom is 0.254 e. The van der Waals surface area contributed by atoms with Crippen molar-refractivity contribution in [3.8, 4) is 0 Å². The Balaban J connectivity index is 1.36. The minimum atomic E-state index is -0.401. The van der Waals surface area contributed by atoms with E-state index in [1.54, 1.807) is 12.1 Å². The Morgan fingerprint density at radius 1 is 1.00 bits per heavy atom. The van der Waals surface area contributed by atoms with E-state index >= 15 is 0 Å². The topological polar surface area (TPSA) is 53.5 Å². The molecule has 0 unspecified atom stereocenters. The highest BCUT2D eigenvalue weighted by Gasteiger charge is 2.29.